The van der Waals surface area contributed by atoms with E-state index >= 15 is 0 Å². The van der Waals surface area contributed by atoms with E-state index in [0.29, 0.717) is 28.1 Å². The van der Waals surface area contributed by atoms with Crippen molar-refractivity contribution in [3.63, 3.8) is 0 Å². The van der Waals surface area contributed by atoms with Crippen molar-refractivity contribution < 1.29 is 17.9 Å². The number of benzene rings is 2. The molecule has 1 heterocycles. The molecule has 0 bridgehead atoms. The number of carbonyl (C=O) groups excluding carboxylic acids is 1. The van der Waals surface area contributed by atoms with Crippen molar-refractivity contribution in [2.24, 2.45) is 0 Å². The molecule has 3 rings (SSSR count). The monoisotopic (exact) mass is 450 g/mol. The molecule has 0 saturated carbocycles. The van der Waals surface area contributed by atoms with Crippen molar-refractivity contribution in [3.8, 4) is 17.7 Å². The van der Waals surface area contributed by atoms with E-state index in [9.17, 15) is 13.2 Å². The normalized spacial score (nSPS) is 11.0. The molecule has 8 nitrogen and oxygen atoms in total. The standard InChI is InChI=1S/C23H22N4O4S/c1-14-5-6-19(11-15(14)2)26-20(28)13-32(29,30)23-25-8-7-21(27-23)31-22-16(3)9-18(12-24)10-17(22)4/h5-11H,13H2,1-4H3,(H,26,28). The number of hydrogen-bond donors (Lipinski definition) is 1. The van der Waals surface area contributed by atoms with Gasteiger partial charge in [-0.1, -0.05) is 6.07 Å². The van der Waals surface area contributed by atoms with Gasteiger partial charge in [-0.15, -0.1) is 0 Å². The third-order valence-corrected chi connectivity index (χ3v) is 6.19. The number of amides is 1. The molecule has 0 atom stereocenters. The zero-order valence-electron chi connectivity index (χ0n) is 18.1. The summed E-state index contributed by atoms with van der Waals surface area (Å²) in [5, 5.41) is 11.2. The van der Waals surface area contributed by atoms with E-state index in [0.717, 1.165) is 11.1 Å². The van der Waals surface area contributed by atoms with Crippen LogP contribution in [0.25, 0.3) is 0 Å². The van der Waals surface area contributed by atoms with Crippen LogP contribution in [0.4, 0.5) is 5.69 Å². The van der Waals surface area contributed by atoms with Gasteiger partial charge in [0.25, 0.3) is 5.16 Å². The summed E-state index contributed by atoms with van der Waals surface area (Å²) >= 11 is 0. The van der Waals surface area contributed by atoms with Crippen LogP contribution < -0.4 is 10.1 Å². The van der Waals surface area contributed by atoms with Gasteiger partial charge in [0.1, 0.15) is 11.5 Å². The predicted octanol–water partition coefficient (Wildman–Crippen LogP) is 3.79. The summed E-state index contributed by atoms with van der Waals surface area (Å²) in [6.07, 6.45) is 1.25. The molecule has 0 aliphatic rings. The van der Waals surface area contributed by atoms with Gasteiger partial charge < -0.3 is 10.1 Å². The first-order chi connectivity index (χ1) is 15.1. The summed E-state index contributed by atoms with van der Waals surface area (Å²) in [5.41, 5.74) is 4.46. The number of sulfone groups is 1. The van der Waals surface area contributed by atoms with Gasteiger partial charge in [0, 0.05) is 18.0 Å². The molecule has 0 fully saturated rings. The van der Waals surface area contributed by atoms with E-state index < -0.39 is 26.7 Å². The van der Waals surface area contributed by atoms with Crippen molar-refractivity contribution in [2.45, 2.75) is 32.9 Å². The molecule has 0 radical (unpaired) electrons. The van der Waals surface area contributed by atoms with Crippen molar-refractivity contribution >= 4 is 21.4 Å². The molecule has 0 unspecified atom stereocenters. The highest BCUT2D eigenvalue weighted by molar-refractivity contribution is 7.92. The lowest BCUT2D eigenvalue weighted by molar-refractivity contribution is -0.113. The first kappa shape index (κ1) is 22.9. The Morgan fingerprint density at radius 3 is 2.34 bits per heavy atom. The van der Waals surface area contributed by atoms with Crippen LogP contribution >= 0.6 is 0 Å². The molecule has 1 N–H and O–H groups in total. The Labute approximate surface area is 186 Å². The molecule has 3 aromatic rings. The Balaban J connectivity index is 1.78. The SMILES string of the molecule is Cc1ccc(NC(=O)CS(=O)(=O)c2nccc(Oc3c(C)cc(C#N)cc3C)n2)cc1C. The molecule has 164 valence electrons. The van der Waals surface area contributed by atoms with E-state index in [1.54, 1.807) is 38.1 Å². The second-order valence-electron chi connectivity index (χ2n) is 7.44. The quantitative estimate of drug-likeness (QED) is 0.567. The first-order valence-electron chi connectivity index (χ1n) is 9.71. The van der Waals surface area contributed by atoms with Gasteiger partial charge in [0.15, 0.2) is 0 Å². The summed E-state index contributed by atoms with van der Waals surface area (Å²) < 4.78 is 31.2. The number of carbonyl (C=O) groups is 1. The first-order valence-corrected chi connectivity index (χ1v) is 11.4. The van der Waals surface area contributed by atoms with Crippen LogP contribution in [-0.2, 0) is 14.6 Å². The van der Waals surface area contributed by atoms with E-state index in [4.69, 9.17) is 10.00 Å². The molecular weight excluding hydrogens is 428 g/mol. The zero-order valence-corrected chi connectivity index (χ0v) is 18.9. The van der Waals surface area contributed by atoms with Gasteiger partial charge >= 0.3 is 0 Å². The summed E-state index contributed by atoms with van der Waals surface area (Å²) in [5.74, 6) is -1.01. The average Bonchev–Trinajstić information content (AvgIpc) is 2.73. The number of anilines is 1. The fourth-order valence-corrected chi connectivity index (χ4v) is 4.06. The average molecular weight is 451 g/mol. The van der Waals surface area contributed by atoms with Crippen LogP contribution in [-0.4, -0.2) is 30.0 Å². The number of ether oxygens (including phenoxy) is 1. The van der Waals surface area contributed by atoms with Crippen molar-refractivity contribution in [2.75, 3.05) is 11.1 Å². The van der Waals surface area contributed by atoms with Crippen molar-refractivity contribution in [3.05, 3.63) is 70.4 Å². The Morgan fingerprint density at radius 1 is 1.03 bits per heavy atom. The Morgan fingerprint density at radius 2 is 1.72 bits per heavy atom. The smallest absolute Gasteiger partial charge is 0.250 e. The van der Waals surface area contributed by atoms with Gasteiger partial charge in [-0.2, -0.15) is 10.2 Å². The van der Waals surface area contributed by atoms with Crippen LogP contribution in [0.15, 0.2) is 47.8 Å². The highest BCUT2D eigenvalue weighted by atomic mass is 32.2. The van der Waals surface area contributed by atoms with E-state index in [1.165, 1.54) is 12.3 Å². The van der Waals surface area contributed by atoms with Gasteiger partial charge in [0.05, 0.1) is 11.6 Å². The molecule has 32 heavy (non-hydrogen) atoms. The molecule has 1 aromatic heterocycles. The summed E-state index contributed by atoms with van der Waals surface area (Å²) in [6.45, 7) is 7.40. The number of nitriles is 1. The number of rotatable bonds is 6. The maximum Gasteiger partial charge on any atom is 0.250 e. The number of nitrogens with one attached hydrogen (secondary N) is 1. The van der Waals surface area contributed by atoms with Gasteiger partial charge in [-0.25, -0.2) is 13.4 Å². The fraction of sp³-hybridized carbons (Fsp3) is 0.217. The van der Waals surface area contributed by atoms with Crippen LogP contribution in [0.1, 0.15) is 27.8 Å². The van der Waals surface area contributed by atoms with Crippen LogP contribution in [0.3, 0.4) is 0 Å². The lowest BCUT2D eigenvalue weighted by Crippen LogP contribution is -2.24. The minimum atomic E-state index is -4.10. The maximum atomic E-state index is 12.7. The van der Waals surface area contributed by atoms with Gasteiger partial charge in [0.2, 0.25) is 21.6 Å². The minimum Gasteiger partial charge on any atom is -0.438 e. The second kappa shape index (κ2) is 9.16. The van der Waals surface area contributed by atoms with Crippen LogP contribution in [0.5, 0.6) is 11.6 Å². The topological polar surface area (TPSA) is 122 Å². The van der Waals surface area contributed by atoms with E-state index in [1.807, 2.05) is 19.9 Å². The molecular formula is C23H22N4O4S. The summed E-state index contributed by atoms with van der Waals surface area (Å²) in [7, 11) is -4.10. The predicted molar refractivity (Wildman–Crippen MR) is 119 cm³/mol. The summed E-state index contributed by atoms with van der Waals surface area (Å²) in [6, 6.07) is 12.1. The van der Waals surface area contributed by atoms with Crippen LogP contribution in [0, 0.1) is 39.0 Å². The third-order valence-electron chi connectivity index (χ3n) is 4.79. The highest BCUT2D eigenvalue weighted by Gasteiger charge is 2.23. The number of aromatic nitrogens is 2. The Bertz CT molecular complexity index is 1320. The van der Waals surface area contributed by atoms with Crippen molar-refractivity contribution in [1.29, 1.82) is 5.26 Å². The molecule has 0 spiro atoms. The van der Waals surface area contributed by atoms with E-state index in [-0.39, 0.29) is 5.88 Å². The fourth-order valence-electron chi connectivity index (χ4n) is 3.07. The van der Waals surface area contributed by atoms with Crippen molar-refractivity contribution in [1.82, 2.24) is 9.97 Å². The zero-order chi connectivity index (χ0) is 23.5. The van der Waals surface area contributed by atoms with Gasteiger partial charge in [-0.3, -0.25) is 4.79 Å². The third kappa shape index (κ3) is 5.28. The van der Waals surface area contributed by atoms with E-state index in [2.05, 4.69) is 21.4 Å². The lowest BCUT2D eigenvalue weighted by Gasteiger charge is -2.12. The molecule has 2 aromatic carbocycles. The molecule has 9 heteroatoms. The minimum absolute atomic E-state index is 0.0176. The molecule has 0 saturated heterocycles. The molecule has 0 aliphatic heterocycles. The Kier molecular flexibility index (Phi) is 6.55. The summed E-state index contributed by atoms with van der Waals surface area (Å²) in [4.78, 5) is 20.1. The molecule has 0 aliphatic carbocycles. The Hall–Kier alpha value is -3.77. The van der Waals surface area contributed by atoms with Crippen LogP contribution in [0.2, 0.25) is 0 Å². The van der Waals surface area contributed by atoms with Gasteiger partial charge in [-0.05, 0) is 74.2 Å². The lowest BCUT2D eigenvalue weighted by atomic mass is 10.1. The second-order valence-corrected chi connectivity index (χ2v) is 9.32. The maximum absolute atomic E-state index is 12.7. The largest absolute Gasteiger partial charge is 0.438 e. The highest BCUT2D eigenvalue weighted by Crippen LogP contribution is 2.29. The molecule has 1 amide bonds. The number of aryl methyl sites for hydroxylation is 4. The number of nitrogens with zero attached hydrogens (tertiary/aromatic N) is 3. The number of hydrogen-bond acceptors (Lipinski definition) is 7.